The van der Waals surface area contributed by atoms with Gasteiger partial charge < -0.3 is 14.8 Å². The Kier molecular flexibility index (Phi) is 7.29. The third kappa shape index (κ3) is 5.37. The quantitative estimate of drug-likeness (QED) is 0.503. The van der Waals surface area contributed by atoms with Crippen molar-refractivity contribution in [1.29, 1.82) is 0 Å². The molecule has 0 aliphatic carbocycles. The summed E-state index contributed by atoms with van der Waals surface area (Å²) in [4.78, 5) is 12.2. The van der Waals surface area contributed by atoms with E-state index < -0.39 is 6.04 Å². The predicted molar refractivity (Wildman–Crippen MR) is 108 cm³/mol. The number of methoxy groups -OCH3 is 2. The van der Waals surface area contributed by atoms with E-state index in [9.17, 15) is 4.79 Å². The van der Waals surface area contributed by atoms with E-state index in [4.69, 9.17) is 21.1 Å². The number of nitrogens with one attached hydrogen (secondary N) is 2. The molecular formula is C18H19BrClN3O3. The Morgan fingerprint density at radius 3 is 2.62 bits per heavy atom. The van der Waals surface area contributed by atoms with E-state index in [1.807, 2.05) is 6.07 Å². The fourth-order valence-corrected chi connectivity index (χ4v) is 2.85. The van der Waals surface area contributed by atoms with E-state index in [0.717, 1.165) is 10.2 Å². The number of halogens is 2. The molecular weight excluding hydrogens is 422 g/mol. The first-order valence-electron chi connectivity index (χ1n) is 7.71. The van der Waals surface area contributed by atoms with Crippen LogP contribution in [0, 0.1) is 0 Å². The van der Waals surface area contributed by atoms with Gasteiger partial charge in [-0.2, -0.15) is 5.10 Å². The van der Waals surface area contributed by atoms with Gasteiger partial charge in [-0.25, -0.2) is 5.43 Å². The van der Waals surface area contributed by atoms with Gasteiger partial charge in [-0.15, -0.1) is 0 Å². The van der Waals surface area contributed by atoms with E-state index in [1.165, 1.54) is 6.21 Å². The summed E-state index contributed by atoms with van der Waals surface area (Å²) in [6.45, 7) is 1.73. The second kappa shape index (κ2) is 9.45. The van der Waals surface area contributed by atoms with Crippen molar-refractivity contribution < 1.29 is 14.3 Å². The molecule has 2 aromatic rings. The van der Waals surface area contributed by atoms with Gasteiger partial charge in [-0.3, -0.25) is 4.79 Å². The number of hydrogen-bond acceptors (Lipinski definition) is 5. The first kappa shape index (κ1) is 20.1. The zero-order valence-corrected chi connectivity index (χ0v) is 16.9. The fourth-order valence-electron chi connectivity index (χ4n) is 2.14. The Balaban J connectivity index is 2.01. The number of anilines is 1. The first-order chi connectivity index (χ1) is 12.4. The maximum absolute atomic E-state index is 12.2. The van der Waals surface area contributed by atoms with Gasteiger partial charge in [0.2, 0.25) is 0 Å². The normalized spacial score (nSPS) is 11.9. The Morgan fingerprint density at radius 1 is 1.23 bits per heavy atom. The maximum Gasteiger partial charge on any atom is 0.262 e. The van der Waals surface area contributed by atoms with E-state index in [2.05, 4.69) is 31.8 Å². The standard InChI is InChI=1S/C18H19BrClN3O3/c1-11(22-14-6-4-5-13(20)8-14)18(24)23-21-10-12-7-15(19)17(26-3)9-16(12)25-2/h4-11,22H,1-3H3,(H,23,24). The van der Waals surface area contributed by atoms with Crippen molar-refractivity contribution in [2.75, 3.05) is 19.5 Å². The second-order valence-electron chi connectivity index (χ2n) is 5.34. The molecule has 2 N–H and O–H groups in total. The van der Waals surface area contributed by atoms with Crippen LogP contribution in [0.4, 0.5) is 5.69 Å². The number of hydrazone groups is 1. The van der Waals surface area contributed by atoms with Crippen molar-refractivity contribution in [3.63, 3.8) is 0 Å². The molecule has 0 aliphatic rings. The van der Waals surface area contributed by atoms with Crippen molar-refractivity contribution >= 4 is 45.3 Å². The van der Waals surface area contributed by atoms with Crippen LogP contribution in [0.2, 0.25) is 5.02 Å². The van der Waals surface area contributed by atoms with Crippen molar-refractivity contribution in [3.8, 4) is 11.5 Å². The molecule has 0 fully saturated rings. The summed E-state index contributed by atoms with van der Waals surface area (Å²) in [5, 5.41) is 7.65. The van der Waals surface area contributed by atoms with Crippen molar-refractivity contribution in [3.05, 3.63) is 51.5 Å². The summed E-state index contributed by atoms with van der Waals surface area (Å²) in [5.74, 6) is 0.934. The average molecular weight is 441 g/mol. The Hall–Kier alpha value is -2.25. The van der Waals surface area contributed by atoms with Crippen LogP contribution < -0.4 is 20.2 Å². The van der Waals surface area contributed by atoms with Crippen molar-refractivity contribution in [2.24, 2.45) is 5.10 Å². The number of amides is 1. The van der Waals surface area contributed by atoms with E-state index in [-0.39, 0.29) is 5.91 Å². The molecule has 8 heteroatoms. The van der Waals surface area contributed by atoms with Gasteiger partial charge in [0.25, 0.3) is 5.91 Å². The summed E-state index contributed by atoms with van der Waals surface area (Å²) in [6.07, 6.45) is 1.51. The van der Waals surface area contributed by atoms with Crippen LogP contribution in [0.1, 0.15) is 12.5 Å². The van der Waals surface area contributed by atoms with Crippen molar-refractivity contribution in [1.82, 2.24) is 5.43 Å². The highest BCUT2D eigenvalue weighted by molar-refractivity contribution is 9.10. The number of ether oxygens (including phenoxy) is 2. The Bertz CT molecular complexity index is 814. The zero-order valence-electron chi connectivity index (χ0n) is 14.5. The van der Waals surface area contributed by atoms with Gasteiger partial charge in [-0.05, 0) is 47.1 Å². The summed E-state index contributed by atoms with van der Waals surface area (Å²) < 4.78 is 11.3. The smallest absolute Gasteiger partial charge is 0.262 e. The molecule has 1 amide bonds. The lowest BCUT2D eigenvalue weighted by atomic mass is 10.2. The molecule has 0 heterocycles. The molecule has 0 bridgehead atoms. The number of rotatable bonds is 7. The monoisotopic (exact) mass is 439 g/mol. The molecule has 0 aliphatic heterocycles. The highest BCUT2D eigenvalue weighted by atomic mass is 79.9. The Morgan fingerprint density at radius 2 is 1.96 bits per heavy atom. The molecule has 0 saturated carbocycles. The highest BCUT2D eigenvalue weighted by Crippen LogP contribution is 2.31. The summed E-state index contributed by atoms with van der Waals surface area (Å²) in [7, 11) is 3.12. The predicted octanol–water partition coefficient (Wildman–Crippen LogP) is 4.07. The number of nitrogens with zero attached hydrogens (tertiary/aromatic N) is 1. The summed E-state index contributed by atoms with van der Waals surface area (Å²) in [6, 6.07) is 10.2. The van der Waals surface area contributed by atoms with Crippen molar-refractivity contribution in [2.45, 2.75) is 13.0 Å². The van der Waals surface area contributed by atoms with Crippen LogP contribution in [-0.2, 0) is 4.79 Å². The molecule has 1 atom stereocenters. The molecule has 1 unspecified atom stereocenters. The van der Waals surface area contributed by atoms with E-state index >= 15 is 0 Å². The van der Waals surface area contributed by atoms with Crippen LogP contribution in [0.15, 0.2) is 46.0 Å². The van der Waals surface area contributed by atoms with E-state index in [1.54, 1.807) is 51.5 Å². The molecule has 0 aromatic heterocycles. The molecule has 0 saturated heterocycles. The summed E-state index contributed by atoms with van der Waals surface area (Å²) in [5.41, 5.74) is 3.94. The lowest BCUT2D eigenvalue weighted by molar-refractivity contribution is -0.121. The van der Waals surface area contributed by atoms with Crippen LogP contribution in [-0.4, -0.2) is 32.4 Å². The van der Waals surface area contributed by atoms with E-state index in [0.29, 0.717) is 22.1 Å². The van der Waals surface area contributed by atoms with Crippen LogP contribution in [0.3, 0.4) is 0 Å². The molecule has 0 spiro atoms. The minimum Gasteiger partial charge on any atom is -0.496 e. The minimum atomic E-state index is -0.491. The van der Waals surface area contributed by atoms with Gasteiger partial charge in [0, 0.05) is 22.3 Å². The number of hydrogen-bond donors (Lipinski definition) is 2. The van der Waals surface area contributed by atoms with Gasteiger partial charge in [0.15, 0.2) is 0 Å². The molecule has 26 heavy (non-hydrogen) atoms. The molecule has 0 radical (unpaired) electrons. The number of carbonyl (C=O) groups is 1. The first-order valence-corrected chi connectivity index (χ1v) is 8.88. The molecule has 2 aromatic carbocycles. The third-order valence-corrected chi connectivity index (χ3v) is 4.34. The van der Waals surface area contributed by atoms with Crippen LogP contribution in [0.5, 0.6) is 11.5 Å². The largest absolute Gasteiger partial charge is 0.496 e. The van der Waals surface area contributed by atoms with Crippen LogP contribution >= 0.6 is 27.5 Å². The van der Waals surface area contributed by atoms with Crippen LogP contribution in [0.25, 0.3) is 0 Å². The third-order valence-electron chi connectivity index (χ3n) is 3.48. The van der Waals surface area contributed by atoms with Gasteiger partial charge in [0.1, 0.15) is 17.5 Å². The second-order valence-corrected chi connectivity index (χ2v) is 6.63. The van der Waals surface area contributed by atoms with Gasteiger partial charge >= 0.3 is 0 Å². The molecule has 2 rings (SSSR count). The topological polar surface area (TPSA) is 72.0 Å². The minimum absolute atomic E-state index is 0.284. The SMILES string of the molecule is COc1cc(OC)c(C=NNC(=O)C(C)Nc2cccc(Cl)c2)cc1Br. The lowest BCUT2D eigenvalue weighted by Crippen LogP contribution is -2.34. The summed E-state index contributed by atoms with van der Waals surface area (Å²) >= 11 is 9.34. The van der Waals surface area contributed by atoms with Gasteiger partial charge in [-0.1, -0.05) is 17.7 Å². The lowest BCUT2D eigenvalue weighted by Gasteiger charge is -2.13. The molecule has 6 nitrogen and oxygen atoms in total. The maximum atomic E-state index is 12.2. The molecule has 138 valence electrons. The number of benzene rings is 2. The zero-order chi connectivity index (χ0) is 19.1. The average Bonchev–Trinajstić information content (AvgIpc) is 2.61. The number of carbonyl (C=O) groups excluding carboxylic acids is 1. The van der Waals surface area contributed by atoms with Gasteiger partial charge in [0.05, 0.1) is 24.9 Å². The fraction of sp³-hybridized carbons (Fsp3) is 0.222. The Labute approximate surface area is 165 Å². The highest BCUT2D eigenvalue weighted by Gasteiger charge is 2.12.